The second-order valence-corrected chi connectivity index (χ2v) is 8.26. The predicted octanol–water partition coefficient (Wildman–Crippen LogP) is 4.35. The van der Waals surface area contributed by atoms with E-state index in [1.165, 1.54) is 4.31 Å². The molecular formula is C20H22N2O3S. The van der Waals surface area contributed by atoms with Crippen molar-refractivity contribution in [2.75, 3.05) is 11.4 Å². The fraction of sp³-hybridized carbons (Fsp3) is 0.250. The monoisotopic (exact) mass is 370 g/mol. The van der Waals surface area contributed by atoms with Crippen LogP contribution in [0.1, 0.15) is 23.7 Å². The van der Waals surface area contributed by atoms with E-state index in [-0.39, 0.29) is 4.90 Å². The molecule has 0 saturated heterocycles. The third-order valence-corrected chi connectivity index (χ3v) is 6.23. The molecule has 6 heteroatoms. The molecule has 0 spiro atoms. The molecule has 3 rings (SSSR count). The van der Waals surface area contributed by atoms with Crippen molar-refractivity contribution in [2.45, 2.75) is 32.1 Å². The molecule has 0 atom stereocenters. The summed E-state index contributed by atoms with van der Waals surface area (Å²) >= 11 is 0. The standard InChI is InChI=1S/C20H22N2O3S/c1-5-16-9-10-17(19-12-15(3)21-25-19)13-20(16)26(23,24)22(4)18-8-6-7-14(2)11-18/h6-13H,5H2,1-4H3. The van der Waals surface area contributed by atoms with E-state index in [0.29, 0.717) is 23.4 Å². The molecule has 0 radical (unpaired) electrons. The zero-order valence-electron chi connectivity index (χ0n) is 15.4. The third-order valence-electron chi connectivity index (χ3n) is 4.36. The average molecular weight is 370 g/mol. The Morgan fingerprint density at radius 2 is 1.85 bits per heavy atom. The van der Waals surface area contributed by atoms with Gasteiger partial charge in [0.2, 0.25) is 0 Å². The van der Waals surface area contributed by atoms with Crippen LogP contribution in [-0.2, 0) is 16.4 Å². The molecule has 1 aromatic heterocycles. The lowest BCUT2D eigenvalue weighted by atomic mass is 10.1. The van der Waals surface area contributed by atoms with Crippen molar-refractivity contribution in [2.24, 2.45) is 0 Å². The topological polar surface area (TPSA) is 63.4 Å². The summed E-state index contributed by atoms with van der Waals surface area (Å²) < 4.78 is 33.2. The summed E-state index contributed by atoms with van der Waals surface area (Å²) in [5, 5.41) is 3.88. The van der Waals surface area contributed by atoms with E-state index in [0.717, 1.165) is 16.8 Å². The normalized spacial score (nSPS) is 11.5. The highest BCUT2D eigenvalue weighted by Crippen LogP contribution is 2.30. The number of benzene rings is 2. The molecule has 26 heavy (non-hydrogen) atoms. The van der Waals surface area contributed by atoms with Gasteiger partial charge in [0.25, 0.3) is 10.0 Å². The Labute approximate surface area is 154 Å². The number of rotatable bonds is 5. The molecule has 0 fully saturated rings. The van der Waals surface area contributed by atoms with Crippen LogP contribution in [-0.4, -0.2) is 20.6 Å². The fourth-order valence-electron chi connectivity index (χ4n) is 2.85. The number of hydrogen-bond donors (Lipinski definition) is 0. The molecule has 0 N–H and O–H groups in total. The highest BCUT2D eigenvalue weighted by Gasteiger charge is 2.25. The van der Waals surface area contributed by atoms with E-state index in [1.54, 1.807) is 25.2 Å². The predicted molar refractivity (Wildman–Crippen MR) is 103 cm³/mol. The summed E-state index contributed by atoms with van der Waals surface area (Å²) in [6, 6.07) is 14.6. The van der Waals surface area contributed by atoms with Gasteiger partial charge in [-0.25, -0.2) is 8.42 Å². The molecular weight excluding hydrogens is 348 g/mol. The Kier molecular flexibility index (Phi) is 4.87. The highest BCUT2D eigenvalue weighted by molar-refractivity contribution is 7.92. The minimum atomic E-state index is -3.70. The Hall–Kier alpha value is -2.60. The molecule has 1 heterocycles. The number of anilines is 1. The second kappa shape index (κ2) is 6.96. The van der Waals surface area contributed by atoms with Crippen LogP contribution in [0, 0.1) is 13.8 Å². The first kappa shape index (κ1) is 18.2. The Balaban J connectivity index is 2.11. The first-order valence-electron chi connectivity index (χ1n) is 8.45. The molecule has 0 amide bonds. The molecule has 0 aliphatic rings. The van der Waals surface area contributed by atoms with Gasteiger partial charge >= 0.3 is 0 Å². The lowest BCUT2D eigenvalue weighted by Gasteiger charge is -2.22. The molecule has 2 aromatic carbocycles. The Morgan fingerprint density at radius 1 is 1.08 bits per heavy atom. The molecule has 5 nitrogen and oxygen atoms in total. The van der Waals surface area contributed by atoms with E-state index >= 15 is 0 Å². The van der Waals surface area contributed by atoms with Gasteiger partial charge < -0.3 is 4.52 Å². The van der Waals surface area contributed by atoms with E-state index in [2.05, 4.69) is 5.16 Å². The van der Waals surface area contributed by atoms with Crippen LogP contribution in [0.2, 0.25) is 0 Å². The first-order valence-corrected chi connectivity index (χ1v) is 9.89. The lowest BCUT2D eigenvalue weighted by Crippen LogP contribution is -2.27. The first-order chi connectivity index (χ1) is 12.3. The van der Waals surface area contributed by atoms with Gasteiger partial charge in [-0.2, -0.15) is 0 Å². The zero-order valence-corrected chi connectivity index (χ0v) is 16.2. The lowest BCUT2D eigenvalue weighted by molar-refractivity contribution is 0.427. The van der Waals surface area contributed by atoms with Gasteiger partial charge in [-0.1, -0.05) is 36.3 Å². The van der Waals surface area contributed by atoms with Gasteiger partial charge in [-0.15, -0.1) is 0 Å². The van der Waals surface area contributed by atoms with Gasteiger partial charge in [0.05, 0.1) is 16.3 Å². The van der Waals surface area contributed by atoms with E-state index < -0.39 is 10.0 Å². The third kappa shape index (κ3) is 3.37. The van der Waals surface area contributed by atoms with Crippen molar-refractivity contribution in [1.29, 1.82) is 0 Å². The number of hydrogen-bond acceptors (Lipinski definition) is 4. The van der Waals surface area contributed by atoms with Crippen LogP contribution >= 0.6 is 0 Å². The van der Waals surface area contributed by atoms with Crippen molar-refractivity contribution < 1.29 is 12.9 Å². The summed E-state index contributed by atoms with van der Waals surface area (Å²) in [5.74, 6) is 0.555. The minimum Gasteiger partial charge on any atom is -0.356 e. The van der Waals surface area contributed by atoms with Gasteiger partial charge in [0, 0.05) is 18.7 Å². The largest absolute Gasteiger partial charge is 0.356 e. The quantitative estimate of drug-likeness (QED) is 0.670. The van der Waals surface area contributed by atoms with Crippen LogP contribution in [0.15, 0.2) is 57.9 Å². The number of sulfonamides is 1. The van der Waals surface area contributed by atoms with Crippen LogP contribution in [0.3, 0.4) is 0 Å². The van der Waals surface area contributed by atoms with Crippen LogP contribution in [0.25, 0.3) is 11.3 Å². The van der Waals surface area contributed by atoms with Gasteiger partial charge in [0.1, 0.15) is 0 Å². The smallest absolute Gasteiger partial charge is 0.264 e. The van der Waals surface area contributed by atoms with Gasteiger partial charge in [-0.05, 0) is 49.6 Å². The maximum Gasteiger partial charge on any atom is 0.264 e. The van der Waals surface area contributed by atoms with Crippen LogP contribution in [0.4, 0.5) is 5.69 Å². The summed E-state index contributed by atoms with van der Waals surface area (Å²) in [6.07, 6.45) is 0.617. The second-order valence-electron chi connectivity index (χ2n) is 6.32. The summed E-state index contributed by atoms with van der Waals surface area (Å²) in [4.78, 5) is 0.288. The van der Waals surface area contributed by atoms with Crippen LogP contribution < -0.4 is 4.31 Å². The molecule has 136 valence electrons. The summed E-state index contributed by atoms with van der Waals surface area (Å²) in [7, 11) is -2.13. The van der Waals surface area contributed by atoms with Gasteiger partial charge in [-0.3, -0.25) is 4.31 Å². The van der Waals surface area contributed by atoms with E-state index in [9.17, 15) is 8.42 Å². The Bertz CT molecular complexity index is 1040. The van der Waals surface area contributed by atoms with Crippen molar-refractivity contribution >= 4 is 15.7 Å². The number of aryl methyl sites for hydroxylation is 3. The molecule has 0 unspecified atom stereocenters. The van der Waals surface area contributed by atoms with Crippen molar-refractivity contribution in [3.05, 3.63) is 65.4 Å². The Morgan fingerprint density at radius 3 is 2.46 bits per heavy atom. The van der Waals surface area contributed by atoms with Crippen molar-refractivity contribution in [3.63, 3.8) is 0 Å². The van der Waals surface area contributed by atoms with Crippen molar-refractivity contribution in [3.8, 4) is 11.3 Å². The SMILES string of the molecule is CCc1ccc(-c2cc(C)no2)cc1S(=O)(=O)N(C)c1cccc(C)c1. The molecule has 0 aliphatic heterocycles. The minimum absolute atomic E-state index is 0.288. The average Bonchev–Trinajstić information content (AvgIpc) is 3.07. The zero-order chi connectivity index (χ0) is 18.9. The maximum atomic E-state index is 13.3. The summed E-state index contributed by atoms with van der Waals surface area (Å²) in [6.45, 7) is 5.71. The summed E-state index contributed by atoms with van der Waals surface area (Å²) in [5.41, 5.74) is 3.85. The molecule has 0 bridgehead atoms. The molecule has 0 aliphatic carbocycles. The molecule has 3 aromatic rings. The maximum absolute atomic E-state index is 13.3. The van der Waals surface area contributed by atoms with Gasteiger partial charge in [0.15, 0.2) is 5.76 Å². The van der Waals surface area contributed by atoms with Crippen LogP contribution in [0.5, 0.6) is 0 Å². The highest BCUT2D eigenvalue weighted by atomic mass is 32.2. The van der Waals surface area contributed by atoms with Crippen molar-refractivity contribution in [1.82, 2.24) is 5.16 Å². The number of nitrogens with zero attached hydrogens (tertiary/aromatic N) is 2. The van der Waals surface area contributed by atoms with E-state index in [1.807, 2.05) is 51.1 Å². The molecule has 0 saturated carbocycles. The van der Waals surface area contributed by atoms with E-state index in [4.69, 9.17) is 4.52 Å². The fourth-order valence-corrected chi connectivity index (χ4v) is 4.36. The number of aromatic nitrogens is 1.